The third-order valence-corrected chi connectivity index (χ3v) is 11.5. The van der Waals surface area contributed by atoms with Crippen LogP contribution in [0.25, 0.3) is 0 Å². The minimum Gasteiger partial charge on any atom is -0.0685 e. The largest absolute Gasteiger partial charge is 0.0685 e. The van der Waals surface area contributed by atoms with Crippen LogP contribution >= 0.6 is 31.9 Å². The summed E-state index contributed by atoms with van der Waals surface area (Å²) in [6.07, 6.45) is 4.75. The lowest BCUT2D eigenvalue weighted by atomic mass is 10.1. The summed E-state index contributed by atoms with van der Waals surface area (Å²) in [5, 5.41) is 0.403. The van der Waals surface area contributed by atoms with Gasteiger partial charge in [0.2, 0.25) is 0 Å². The van der Waals surface area contributed by atoms with Crippen molar-refractivity contribution in [3.05, 3.63) is 45.4 Å². The first-order valence-corrected chi connectivity index (χ1v) is 11.9. The molecule has 1 aromatic rings. The topological polar surface area (TPSA) is 0 Å². The van der Waals surface area contributed by atoms with Crippen LogP contribution < -0.4 is 0 Å². The Bertz CT molecular complexity index is 440. The molecule has 0 amide bonds. The van der Waals surface area contributed by atoms with Gasteiger partial charge in [-0.2, -0.15) is 0 Å². The highest BCUT2D eigenvalue weighted by Gasteiger charge is 2.40. The second-order valence-electron chi connectivity index (χ2n) is 7.06. The van der Waals surface area contributed by atoms with Crippen LogP contribution in [0.3, 0.4) is 0 Å². The third kappa shape index (κ3) is 5.16. The van der Waals surface area contributed by atoms with Crippen LogP contribution in [-0.4, -0.2) is 8.07 Å². The predicted molar refractivity (Wildman–Crippen MR) is 102 cm³/mol. The minimum absolute atomic E-state index is 0.403. The van der Waals surface area contributed by atoms with Crippen molar-refractivity contribution in [2.75, 3.05) is 0 Å². The smallest absolute Gasteiger partial charge is 0.0598 e. The van der Waals surface area contributed by atoms with E-state index in [1.165, 1.54) is 12.0 Å². The fourth-order valence-corrected chi connectivity index (χ4v) is 6.02. The molecule has 0 aliphatic carbocycles. The Balaban J connectivity index is 2.89. The molecule has 0 N–H and O–H groups in total. The zero-order chi connectivity index (χ0) is 15.4. The summed E-state index contributed by atoms with van der Waals surface area (Å²) >= 11 is 7.12. The van der Waals surface area contributed by atoms with Crippen LogP contribution in [0.15, 0.2) is 39.8 Å². The maximum Gasteiger partial charge on any atom is 0.0598 e. The van der Waals surface area contributed by atoms with Crippen molar-refractivity contribution in [2.24, 2.45) is 0 Å². The van der Waals surface area contributed by atoms with Gasteiger partial charge in [0, 0.05) is 0 Å². The van der Waals surface area contributed by atoms with Gasteiger partial charge in [-0.3, -0.25) is 0 Å². The highest BCUT2D eigenvalue weighted by molar-refractivity contribution is 9.28. The molecule has 0 heterocycles. The third-order valence-electron chi connectivity index (χ3n) is 4.77. The second-order valence-corrected chi connectivity index (χ2v) is 15.5. The van der Waals surface area contributed by atoms with E-state index < -0.39 is 8.07 Å². The van der Waals surface area contributed by atoms with Crippen molar-refractivity contribution in [3.63, 3.8) is 0 Å². The fourth-order valence-electron chi connectivity index (χ4n) is 2.33. The standard InChI is InChI=1S/C17H26Br2Si/c1-17(2,3)20(4,5)15(13-16(18)19)12-11-14-9-7-6-8-10-14/h6-10,13,15H,11-12H2,1-5H3. The van der Waals surface area contributed by atoms with Gasteiger partial charge in [0.25, 0.3) is 0 Å². The van der Waals surface area contributed by atoms with E-state index in [1.807, 2.05) is 0 Å². The molecule has 1 rings (SSSR count). The number of halogens is 2. The Labute approximate surface area is 142 Å². The molecule has 0 nitrogen and oxygen atoms in total. The Morgan fingerprint density at radius 2 is 1.70 bits per heavy atom. The average Bonchev–Trinajstić information content (AvgIpc) is 2.33. The number of benzene rings is 1. The summed E-state index contributed by atoms with van der Waals surface area (Å²) < 4.78 is 1.09. The van der Waals surface area contributed by atoms with E-state index in [4.69, 9.17) is 0 Å². The van der Waals surface area contributed by atoms with E-state index in [0.717, 1.165) is 9.81 Å². The first kappa shape index (κ1) is 18.2. The van der Waals surface area contributed by atoms with Gasteiger partial charge < -0.3 is 0 Å². The highest BCUT2D eigenvalue weighted by atomic mass is 79.9. The lowest BCUT2D eigenvalue weighted by Gasteiger charge is -2.42. The van der Waals surface area contributed by atoms with Gasteiger partial charge >= 0.3 is 0 Å². The van der Waals surface area contributed by atoms with Crippen LogP contribution in [0.1, 0.15) is 32.8 Å². The van der Waals surface area contributed by atoms with E-state index in [2.05, 4.69) is 102 Å². The summed E-state index contributed by atoms with van der Waals surface area (Å²) in [4.78, 5) is 0. The fraction of sp³-hybridized carbons (Fsp3) is 0.529. The normalized spacial score (nSPS) is 13.9. The average molecular weight is 418 g/mol. The Hall–Kier alpha value is 0.137. The Morgan fingerprint density at radius 3 is 2.15 bits per heavy atom. The molecular weight excluding hydrogens is 392 g/mol. The number of hydrogen-bond donors (Lipinski definition) is 0. The zero-order valence-electron chi connectivity index (χ0n) is 13.2. The van der Waals surface area contributed by atoms with Crippen molar-refractivity contribution >= 4 is 39.9 Å². The summed E-state index contributed by atoms with van der Waals surface area (Å²) in [5.74, 6) is 0. The lowest BCUT2D eigenvalue weighted by Crippen LogP contribution is -2.41. The molecular formula is C17H26Br2Si. The summed E-state index contributed by atoms with van der Waals surface area (Å²) in [5.41, 5.74) is 2.10. The highest BCUT2D eigenvalue weighted by Crippen LogP contribution is 2.46. The molecule has 1 aromatic carbocycles. The summed E-state index contributed by atoms with van der Waals surface area (Å²) in [6.45, 7) is 12.2. The van der Waals surface area contributed by atoms with Crippen molar-refractivity contribution in [1.82, 2.24) is 0 Å². The number of aryl methyl sites for hydroxylation is 1. The van der Waals surface area contributed by atoms with Crippen LogP contribution in [0, 0.1) is 0 Å². The SMILES string of the molecule is CC(C)(C)[Si](C)(C)C(C=C(Br)Br)CCc1ccccc1. The molecule has 0 saturated carbocycles. The molecule has 1 atom stereocenters. The maximum atomic E-state index is 3.56. The van der Waals surface area contributed by atoms with Gasteiger partial charge in [-0.05, 0) is 60.8 Å². The number of allylic oxidation sites excluding steroid dienone is 1. The molecule has 0 radical (unpaired) electrons. The minimum atomic E-state index is -1.39. The van der Waals surface area contributed by atoms with Crippen molar-refractivity contribution in [3.8, 4) is 0 Å². The quantitative estimate of drug-likeness (QED) is 0.447. The van der Waals surface area contributed by atoms with Gasteiger partial charge in [-0.25, -0.2) is 0 Å². The van der Waals surface area contributed by atoms with Crippen LogP contribution in [-0.2, 0) is 6.42 Å². The molecule has 1 unspecified atom stereocenters. The van der Waals surface area contributed by atoms with Gasteiger partial charge in [-0.15, -0.1) is 0 Å². The lowest BCUT2D eigenvalue weighted by molar-refractivity contribution is 0.679. The molecule has 112 valence electrons. The van der Waals surface area contributed by atoms with E-state index in [-0.39, 0.29) is 0 Å². The Kier molecular flexibility index (Phi) is 6.74. The van der Waals surface area contributed by atoms with Crippen LogP contribution in [0.2, 0.25) is 23.7 Å². The molecule has 0 saturated heterocycles. The number of hydrogen-bond acceptors (Lipinski definition) is 0. The monoisotopic (exact) mass is 416 g/mol. The second kappa shape index (κ2) is 7.41. The van der Waals surface area contributed by atoms with E-state index >= 15 is 0 Å². The van der Waals surface area contributed by atoms with Crippen LogP contribution in [0.4, 0.5) is 0 Å². The van der Waals surface area contributed by atoms with E-state index in [9.17, 15) is 0 Å². The summed E-state index contributed by atoms with van der Waals surface area (Å²) in [7, 11) is -1.39. The molecule has 20 heavy (non-hydrogen) atoms. The van der Waals surface area contributed by atoms with Gasteiger partial charge in [0.1, 0.15) is 0 Å². The number of rotatable bonds is 5. The first-order valence-electron chi connectivity index (χ1n) is 7.21. The van der Waals surface area contributed by atoms with E-state index in [0.29, 0.717) is 10.6 Å². The van der Waals surface area contributed by atoms with Crippen molar-refractivity contribution in [2.45, 2.75) is 57.3 Å². The Morgan fingerprint density at radius 1 is 1.15 bits per heavy atom. The predicted octanol–water partition coefficient (Wildman–Crippen LogP) is 7.13. The molecule has 0 fully saturated rings. The van der Waals surface area contributed by atoms with Gasteiger partial charge in [0.15, 0.2) is 0 Å². The van der Waals surface area contributed by atoms with Crippen molar-refractivity contribution < 1.29 is 0 Å². The molecule has 0 aromatic heterocycles. The molecule has 0 aliphatic heterocycles. The summed E-state index contributed by atoms with van der Waals surface area (Å²) in [6, 6.07) is 10.8. The molecule has 0 bridgehead atoms. The zero-order valence-corrected chi connectivity index (χ0v) is 17.4. The maximum absolute atomic E-state index is 3.56. The molecule has 3 heteroatoms. The molecule has 0 spiro atoms. The van der Waals surface area contributed by atoms with Gasteiger partial charge in [-0.1, -0.05) is 70.3 Å². The van der Waals surface area contributed by atoms with E-state index in [1.54, 1.807) is 0 Å². The van der Waals surface area contributed by atoms with Crippen LogP contribution in [0.5, 0.6) is 0 Å². The van der Waals surface area contributed by atoms with Gasteiger partial charge in [0.05, 0.1) is 11.5 Å². The molecule has 0 aliphatic rings. The first-order chi connectivity index (χ1) is 9.14. The van der Waals surface area contributed by atoms with Crippen molar-refractivity contribution in [1.29, 1.82) is 0 Å².